The van der Waals surface area contributed by atoms with Crippen molar-refractivity contribution >= 4 is 17.8 Å². The average molecular weight is 321 g/mol. The van der Waals surface area contributed by atoms with Crippen LogP contribution in [0.3, 0.4) is 0 Å². The Morgan fingerprint density at radius 1 is 1.04 bits per heavy atom. The van der Waals surface area contributed by atoms with E-state index in [9.17, 15) is 19.7 Å². The second-order valence-electron chi connectivity index (χ2n) is 5.00. The van der Waals surface area contributed by atoms with Gasteiger partial charge in [-0.05, 0) is 18.2 Å². The number of carbonyl (C=O) groups excluding carboxylic acids is 2. The summed E-state index contributed by atoms with van der Waals surface area (Å²) < 4.78 is 5.36. The molecule has 6 heteroatoms. The summed E-state index contributed by atoms with van der Waals surface area (Å²) in [5.41, 5.74) is 0.742. The highest BCUT2D eigenvalue weighted by atomic mass is 16.6. The van der Waals surface area contributed by atoms with E-state index < -0.39 is 4.92 Å². The van der Waals surface area contributed by atoms with Gasteiger partial charge in [-0.15, -0.1) is 0 Å². The quantitative estimate of drug-likeness (QED) is 0.308. The van der Waals surface area contributed by atoms with E-state index in [-0.39, 0.29) is 22.8 Å². The molecule has 0 saturated carbocycles. The van der Waals surface area contributed by atoms with Crippen molar-refractivity contribution in [1.29, 1.82) is 0 Å². The van der Waals surface area contributed by atoms with Crippen molar-refractivity contribution in [3.63, 3.8) is 0 Å². The van der Waals surface area contributed by atoms with Crippen molar-refractivity contribution in [1.82, 2.24) is 0 Å². The lowest BCUT2D eigenvalue weighted by atomic mass is 9.96. The van der Waals surface area contributed by atoms with E-state index in [2.05, 4.69) is 0 Å². The Morgan fingerprint density at radius 3 is 2.42 bits per heavy atom. The summed E-state index contributed by atoms with van der Waals surface area (Å²) in [6.07, 6.45) is 0.549. The SMILES string of the molecule is O=Cc1ccc(-c2ccc([N+](=O)[O-])cc2C(=O)c2ccccc2)o1. The molecule has 1 aromatic heterocycles. The number of hydrogen-bond acceptors (Lipinski definition) is 5. The largest absolute Gasteiger partial charge is 0.453 e. The minimum atomic E-state index is -0.565. The predicted octanol–water partition coefficient (Wildman–Crippen LogP) is 3.90. The third kappa shape index (κ3) is 2.85. The molecule has 1 heterocycles. The van der Waals surface area contributed by atoms with Gasteiger partial charge in [0.1, 0.15) is 5.76 Å². The van der Waals surface area contributed by atoms with Crippen LogP contribution in [0.2, 0.25) is 0 Å². The van der Waals surface area contributed by atoms with Crippen LogP contribution < -0.4 is 0 Å². The third-order valence-corrected chi connectivity index (χ3v) is 3.50. The summed E-state index contributed by atoms with van der Waals surface area (Å²) in [5.74, 6) is 0.0473. The fourth-order valence-electron chi connectivity index (χ4n) is 2.35. The molecule has 0 aliphatic rings. The second-order valence-corrected chi connectivity index (χ2v) is 5.00. The zero-order chi connectivity index (χ0) is 17.1. The van der Waals surface area contributed by atoms with E-state index >= 15 is 0 Å². The fraction of sp³-hybridized carbons (Fsp3) is 0. The molecule has 0 radical (unpaired) electrons. The van der Waals surface area contributed by atoms with Crippen LogP contribution in [-0.2, 0) is 0 Å². The van der Waals surface area contributed by atoms with Crippen LogP contribution in [-0.4, -0.2) is 17.0 Å². The first-order valence-electron chi connectivity index (χ1n) is 7.03. The molecular formula is C18H11NO5. The molecule has 0 fully saturated rings. The Hall–Kier alpha value is -3.54. The minimum Gasteiger partial charge on any atom is -0.453 e. The van der Waals surface area contributed by atoms with E-state index in [1.165, 1.54) is 24.3 Å². The van der Waals surface area contributed by atoms with Gasteiger partial charge in [-0.3, -0.25) is 19.7 Å². The molecule has 6 nitrogen and oxygen atoms in total. The zero-order valence-corrected chi connectivity index (χ0v) is 12.3. The van der Waals surface area contributed by atoms with Gasteiger partial charge in [-0.2, -0.15) is 0 Å². The standard InChI is InChI=1S/C18H11NO5/c20-11-14-7-9-17(24-14)15-8-6-13(19(22)23)10-16(15)18(21)12-4-2-1-3-5-12/h1-11H. The molecular weight excluding hydrogens is 310 g/mol. The number of nitro benzene ring substituents is 1. The Kier molecular flexibility index (Phi) is 4.03. The van der Waals surface area contributed by atoms with E-state index in [4.69, 9.17) is 4.42 Å². The highest BCUT2D eigenvalue weighted by Crippen LogP contribution is 2.30. The van der Waals surface area contributed by atoms with Crippen LogP contribution >= 0.6 is 0 Å². The monoisotopic (exact) mass is 321 g/mol. The third-order valence-electron chi connectivity index (χ3n) is 3.50. The number of rotatable bonds is 5. The Bertz CT molecular complexity index is 928. The van der Waals surface area contributed by atoms with Crippen LogP contribution in [0, 0.1) is 10.1 Å². The van der Waals surface area contributed by atoms with Gasteiger partial charge in [0.05, 0.1) is 4.92 Å². The number of furan rings is 1. The molecule has 118 valence electrons. The first-order valence-corrected chi connectivity index (χ1v) is 7.03. The lowest BCUT2D eigenvalue weighted by Crippen LogP contribution is -2.04. The van der Waals surface area contributed by atoms with Gasteiger partial charge in [-0.1, -0.05) is 30.3 Å². The number of ketones is 1. The molecule has 2 aromatic carbocycles. The smallest absolute Gasteiger partial charge is 0.270 e. The molecule has 0 N–H and O–H groups in total. The van der Waals surface area contributed by atoms with E-state index in [1.54, 1.807) is 36.4 Å². The van der Waals surface area contributed by atoms with Gasteiger partial charge in [0.15, 0.2) is 17.8 Å². The highest BCUT2D eigenvalue weighted by Gasteiger charge is 2.20. The topological polar surface area (TPSA) is 90.4 Å². The maximum absolute atomic E-state index is 12.8. The maximum atomic E-state index is 12.8. The van der Waals surface area contributed by atoms with Crippen LogP contribution in [0.25, 0.3) is 11.3 Å². The van der Waals surface area contributed by atoms with E-state index in [0.717, 1.165) is 0 Å². The molecule has 0 spiro atoms. The average Bonchev–Trinajstić information content (AvgIpc) is 3.10. The summed E-state index contributed by atoms with van der Waals surface area (Å²) >= 11 is 0. The van der Waals surface area contributed by atoms with Crippen molar-refractivity contribution in [3.05, 3.63) is 87.7 Å². The molecule has 3 rings (SSSR count). The lowest BCUT2D eigenvalue weighted by molar-refractivity contribution is -0.384. The molecule has 0 unspecified atom stereocenters. The van der Waals surface area contributed by atoms with Crippen molar-refractivity contribution in [2.45, 2.75) is 0 Å². The number of benzene rings is 2. The summed E-state index contributed by atoms with van der Waals surface area (Å²) in [7, 11) is 0. The van der Waals surface area contributed by atoms with E-state index in [0.29, 0.717) is 23.2 Å². The molecule has 3 aromatic rings. The van der Waals surface area contributed by atoms with Crippen molar-refractivity contribution in [2.24, 2.45) is 0 Å². The number of non-ortho nitro benzene ring substituents is 1. The van der Waals surface area contributed by atoms with Gasteiger partial charge >= 0.3 is 0 Å². The molecule has 0 aliphatic carbocycles. The van der Waals surface area contributed by atoms with Gasteiger partial charge in [0.2, 0.25) is 0 Å². The highest BCUT2D eigenvalue weighted by molar-refractivity contribution is 6.13. The van der Waals surface area contributed by atoms with Gasteiger partial charge in [0, 0.05) is 28.8 Å². The summed E-state index contributed by atoms with van der Waals surface area (Å²) in [4.78, 5) is 34.0. The van der Waals surface area contributed by atoms with Crippen LogP contribution in [0.4, 0.5) is 5.69 Å². The lowest BCUT2D eigenvalue weighted by Gasteiger charge is -2.07. The number of nitrogens with zero attached hydrogens (tertiary/aromatic N) is 1. The molecule has 0 saturated heterocycles. The number of carbonyl (C=O) groups is 2. The molecule has 24 heavy (non-hydrogen) atoms. The van der Waals surface area contributed by atoms with Gasteiger partial charge in [-0.25, -0.2) is 0 Å². The number of aldehydes is 1. The second kappa shape index (κ2) is 6.29. The fourth-order valence-corrected chi connectivity index (χ4v) is 2.35. The summed E-state index contributed by atoms with van der Waals surface area (Å²) in [5, 5.41) is 11.0. The number of hydrogen-bond donors (Lipinski definition) is 0. The predicted molar refractivity (Wildman–Crippen MR) is 86.1 cm³/mol. The molecule has 0 aliphatic heterocycles. The van der Waals surface area contributed by atoms with Crippen molar-refractivity contribution in [2.75, 3.05) is 0 Å². The van der Waals surface area contributed by atoms with Crippen LogP contribution in [0.5, 0.6) is 0 Å². The molecule has 0 atom stereocenters. The van der Waals surface area contributed by atoms with Crippen molar-refractivity contribution < 1.29 is 18.9 Å². The first-order chi connectivity index (χ1) is 11.6. The van der Waals surface area contributed by atoms with Crippen LogP contribution in [0.1, 0.15) is 26.5 Å². The van der Waals surface area contributed by atoms with Gasteiger partial charge < -0.3 is 4.42 Å². The summed E-state index contributed by atoms with van der Waals surface area (Å²) in [6, 6.07) is 15.4. The summed E-state index contributed by atoms with van der Waals surface area (Å²) in [6.45, 7) is 0. The number of nitro groups is 1. The van der Waals surface area contributed by atoms with Gasteiger partial charge in [0.25, 0.3) is 5.69 Å². The van der Waals surface area contributed by atoms with E-state index in [1.807, 2.05) is 0 Å². The first kappa shape index (κ1) is 15.4. The molecule has 0 amide bonds. The Balaban J connectivity index is 2.17. The van der Waals surface area contributed by atoms with Crippen LogP contribution in [0.15, 0.2) is 65.1 Å². The minimum absolute atomic E-state index is 0.112. The normalized spacial score (nSPS) is 10.3. The molecule has 0 bridgehead atoms. The Labute approximate surface area is 136 Å². The zero-order valence-electron chi connectivity index (χ0n) is 12.3. The maximum Gasteiger partial charge on any atom is 0.270 e. The van der Waals surface area contributed by atoms with Crippen molar-refractivity contribution in [3.8, 4) is 11.3 Å². The Morgan fingerprint density at radius 2 is 1.79 bits per heavy atom.